The summed E-state index contributed by atoms with van der Waals surface area (Å²) < 4.78 is 5.51. The van der Waals surface area contributed by atoms with Crippen molar-refractivity contribution in [2.24, 2.45) is 0 Å². The van der Waals surface area contributed by atoms with Crippen molar-refractivity contribution >= 4 is 39.3 Å². The second-order valence-corrected chi connectivity index (χ2v) is 4.72. The second-order valence-electron chi connectivity index (χ2n) is 3.43. The van der Waals surface area contributed by atoms with Gasteiger partial charge in [-0.3, -0.25) is 9.59 Å². The summed E-state index contributed by atoms with van der Waals surface area (Å²) >= 11 is 9.16. The van der Waals surface area contributed by atoms with E-state index in [0.717, 1.165) is 10.0 Å². The van der Waals surface area contributed by atoms with Gasteiger partial charge >= 0.3 is 5.97 Å². The Morgan fingerprint density at radius 1 is 1.41 bits per heavy atom. The van der Waals surface area contributed by atoms with Crippen LogP contribution in [0.15, 0.2) is 22.7 Å². The van der Waals surface area contributed by atoms with Crippen molar-refractivity contribution in [1.29, 1.82) is 0 Å². The van der Waals surface area contributed by atoms with Crippen LogP contribution < -0.4 is 0 Å². The largest absolute Gasteiger partial charge is 0.466 e. The first-order chi connectivity index (χ1) is 8.02. The van der Waals surface area contributed by atoms with Crippen LogP contribution in [0.5, 0.6) is 0 Å². The molecule has 0 aromatic heterocycles. The van der Waals surface area contributed by atoms with E-state index in [1.54, 1.807) is 25.1 Å². The Balaban J connectivity index is 2.62. The van der Waals surface area contributed by atoms with E-state index in [0.29, 0.717) is 5.02 Å². The molecule has 0 aliphatic carbocycles. The van der Waals surface area contributed by atoms with Crippen LogP contribution in [0, 0.1) is 0 Å². The Kier molecular flexibility index (Phi) is 5.65. The zero-order valence-corrected chi connectivity index (χ0v) is 11.7. The van der Waals surface area contributed by atoms with Gasteiger partial charge in [0.05, 0.1) is 6.61 Å². The number of esters is 1. The zero-order valence-electron chi connectivity index (χ0n) is 9.33. The van der Waals surface area contributed by atoms with Crippen LogP contribution in [-0.4, -0.2) is 18.4 Å². The number of halogens is 2. The lowest BCUT2D eigenvalue weighted by atomic mass is 10.1. The van der Waals surface area contributed by atoms with Gasteiger partial charge in [-0.25, -0.2) is 0 Å². The minimum atomic E-state index is -0.490. The Morgan fingerprint density at radius 2 is 2.12 bits per heavy atom. The first-order valence-electron chi connectivity index (χ1n) is 5.14. The van der Waals surface area contributed by atoms with E-state index in [-0.39, 0.29) is 25.2 Å². The normalized spacial score (nSPS) is 10.1. The summed E-state index contributed by atoms with van der Waals surface area (Å²) in [7, 11) is 0. The van der Waals surface area contributed by atoms with Crippen LogP contribution >= 0.6 is 27.5 Å². The van der Waals surface area contributed by atoms with Crippen molar-refractivity contribution in [3.8, 4) is 0 Å². The second kappa shape index (κ2) is 6.77. The quantitative estimate of drug-likeness (QED) is 0.618. The summed E-state index contributed by atoms with van der Waals surface area (Å²) in [6.07, 6.45) is -0.0350. The predicted molar refractivity (Wildman–Crippen MR) is 69.1 cm³/mol. The molecule has 1 rings (SSSR count). The average Bonchev–Trinajstić information content (AvgIpc) is 2.23. The van der Waals surface area contributed by atoms with Gasteiger partial charge in [0.25, 0.3) is 0 Å². The molecule has 0 saturated carbocycles. The van der Waals surface area contributed by atoms with Gasteiger partial charge in [-0.15, -0.1) is 0 Å². The fourth-order valence-corrected chi connectivity index (χ4v) is 1.91. The number of hydrogen-bond acceptors (Lipinski definition) is 3. The van der Waals surface area contributed by atoms with E-state index in [9.17, 15) is 9.59 Å². The van der Waals surface area contributed by atoms with Crippen LogP contribution in [0.1, 0.15) is 18.9 Å². The van der Waals surface area contributed by atoms with E-state index < -0.39 is 5.97 Å². The molecular weight excluding hydrogens is 307 g/mol. The number of rotatable bonds is 5. The number of benzene rings is 1. The molecule has 5 heteroatoms. The number of ketones is 1. The summed E-state index contributed by atoms with van der Waals surface area (Å²) in [5.74, 6) is -0.679. The van der Waals surface area contributed by atoms with E-state index >= 15 is 0 Å². The van der Waals surface area contributed by atoms with Crippen molar-refractivity contribution in [1.82, 2.24) is 0 Å². The fraction of sp³-hybridized carbons (Fsp3) is 0.333. The summed E-state index contributed by atoms with van der Waals surface area (Å²) in [6, 6.07) is 5.20. The lowest BCUT2D eigenvalue weighted by molar-refractivity contribution is -0.145. The molecule has 0 aliphatic rings. The number of hydrogen-bond donors (Lipinski definition) is 0. The maximum Gasteiger partial charge on any atom is 0.313 e. The first-order valence-corrected chi connectivity index (χ1v) is 6.31. The topological polar surface area (TPSA) is 43.4 Å². The molecule has 0 N–H and O–H groups in total. The van der Waals surface area contributed by atoms with E-state index in [1.807, 2.05) is 0 Å². The zero-order chi connectivity index (χ0) is 12.8. The lowest BCUT2D eigenvalue weighted by Crippen LogP contribution is -2.13. The summed E-state index contributed by atoms with van der Waals surface area (Å²) in [6.45, 7) is 1.99. The molecule has 0 unspecified atom stereocenters. The molecule has 1 aromatic rings. The predicted octanol–water partition coefficient (Wildman–Crippen LogP) is 3.17. The molecule has 0 saturated heterocycles. The number of ether oxygens (including phenoxy) is 1. The van der Waals surface area contributed by atoms with Gasteiger partial charge in [0, 0.05) is 15.9 Å². The highest BCUT2D eigenvalue weighted by atomic mass is 79.9. The highest BCUT2D eigenvalue weighted by Crippen LogP contribution is 2.22. The molecule has 17 heavy (non-hydrogen) atoms. The van der Waals surface area contributed by atoms with Gasteiger partial charge in [-0.1, -0.05) is 27.5 Å². The van der Waals surface area contributed by atoms with E-state index in [2.05, 4.69) is 15.9 Å². The standard InChI is InChI=1S/C12H12BrClO3/c1-2-17-12(16)7-10(15)6-8-5-9(14)3-4-11(8)13/h3-5H,2,6-7H2,1H3. The number of Topliss-reactive ketones (excluding diaryl/α,β-unsaturated/α-hetero) is 1. The molecule has 0 atom stereocenters. The van der Waals surface area contributed by atoms with Crippen LogP contribution in [0.4, 0.5) is 0 Å². The molecule has 1 aromatic carbocycles. The first kappa shape index (κ1) is 14.2. The summed E-state index contributed by atoms with van der Waals surface area (Å²) in [5, 5.41) is 0.562. The van der Waals surface area contributed by atoms with Crippen molar-refractivity contribution in [2.75, 3.05) is 6.61 Å². The van der Waals surface area contributed by atoms with Crippen LogP contribution in [-0.2, 0) is 20.7 Å². The Labute approximate surface area is 113 Å². The highest BCUT2D eigenvalue weighted by Gasteiger charge is 2.12. The van der Waals surface area contributed by atoms with Gasteiger partial charge in [-0.05, 0) is 30.7 Å². The third-order valence-electron chi connectivity index (χ3n) is 2.04. The molecule has 0 radical (unpaired) electrons. The Hall–Kier alpha value is -0.870. The van der Waals surface area contributed by atoms with Gasteiger partial charge in [0.1, 0.15) is 12.2 Å². The van der Waals surface area contributed by atoms with Gasteiger partial charge in [0.15, 0.2) is 0 Å². The molecule has 0 heterocycles. The minimum Gasteiger partial charge on any atom is -0.466 e. The summed E-state index contributed by atoms with van der Waals surface area (Å²) in [5.41, 5.74) is 0.770. The average molecular weight is 320 g/mol. The van der Waals surface area contributed by atoms with Crippen LogP contribution in [0.2, 0.25) is 5.02 Å². The Morgan fingerprint density at radius 3 is 2.76 bits per heavy atom. The lowest BCUT2D eigenvalue weighted by Gasteiger charge is -2.04. The fourth-order valence-electron chi connectivity index (χ4n) is 1.33. The molecule has 0 aliphatic heterocycles. The highest BCUT2D eigenvalue weighted by molar-refractivity contribution is 9.10. The molecule has 0 fully saturated rings. The smallest absolute Gasteiger partial charge is 0.313 e. The Bertz CT molecular complexity index is 432. The molecule has 92 valence electrons. The minimum absolute atomic E-state index is 0.167. The molecular formula is C12H12BrClO3. The van der Waals surface area contributed by atoms with E-state index in [1.165, 1.54) is 0 Å². The van der Waals surface area contributed by atoms with Gasteiger partial charge < -0.3 is 4.74 Å². The van der Waals surface area contributed by atoms with Crippen molar-refractivity contribution in [2.45, 2.75) is 19.8 Å². The van der Waals surface area contributed by atoms with Crippen LogP contribution in [0.25, 0.3) is 0 Å². The number of carbonyl (C=O) groups excluding carboxylic acids is 2. The van der Waals surface area contributed by atoms with Gasteiger partial charge in [-0.2, -0.15) is 0 Å². The third-order valence-corrected chi connectivity index (χ3v) is 3.05. The van der Waals surface area contributed by atoms with Crippen molar-refractivity contribution in [3.05, 3.63) is 33.3 Å². The third kappa shape index (κ3) is 4.88. The maximum absolute atomic E-state index is 11.6. The monoisotopic (exact) mass is 318 g/mol. The maximum atomic E-state index is 11.6. The van der Waals surface area contributed by atoms with E-state index in [4.69, 9.17) is 16.3 Å². The number of carbonyl (C=O) groups is 2. The van der Waals surface area contributed by atoms with Crippen LogP contribution in [0.3, 0.4) is 0 Å². The molecule has 0 amide bonds. The SMILES string of the molecule is CCOC(=O)CC(=O)Cc1cc(Cl)ccc1Br. The van der Waals surface area contributed by atoms with Crippen molar-refractivity contribution in [3.63, 3.8) is 0 Å². The molecule has 0 bridgehead atoms. The summed E-state index contributed by atoms with van der Waals surface area (Å²) in [4.78, 5) is 22.7. The van der Waals surface area contributed by atoms with Gasteiger partial charge in [0.2, 0.25) is 0 Å². The molecule has 0 spiro atoms. The molecule has 3 nitrogen and oxygen atoms in total. The van der Waals surface area contributed by atoms with Crippen molar-refractivity contribution < 1.29 is 14.3 Å².